The Labute approximate surface area is 122 Å². The van der Waals surface area contributed by atoms with E-state index in [4.69, 9.17) is 0 Å². The molecular weight excluding hydrogens is 270 g/mol. The molecule has 2 aromatic heterocycles. The molecule has 0 aliphatic heterocycles. The van der Waals surface area contributed by atoms with E-state index in [-0.39, 0.29) is 5.43 Å². The molecule has 3 rings (SSSR count). The SMILES string of the molecule is Cc1c[nH]c(CN(Cc2nccs2)C2CC2)c(C)c1=O. The van der Waals surface area contributed by atoms with Gasteiger partial charge < -0.3 is 4.98 Å². The molecule has 0 bridgehead atoms. The predicted octanol–water partition coefficient (Wildman–Crippen LogP) is 2.61. The summed E-state index contributed by atoms with van der Waals surface area (Å²) in [4.78, 5) is 22.1. The summed E-state index contributed by atoms with van der Waals surface area (Å²) in [6.45, 7) is 5.43. The van der Waals surface area contributed by atoms with Crippen molar-refractivity contribution in [1.29, 1.82) is 0 Å². The minimum absolute atomic E-state index is 0.156. The number of aryl methyl sites for hydroxylation is 1. The van der Waals surface area contributed by atoms with Crippen LogP contribution in [-0.2, 0) is 13.1 Å². The van der Waals surface area contributed by atoms with Gasteiger partial charge in [0.25, 0.3) is 0 Å². The molecule has 20 heavy (non-hydrogen) atoms. The Bertz CT molecular complexity index is 644. The van der Waals surface area contributed by atoms with E-state index in [0.717, 1.165) is 34.9 Å². The Hall–Kier alpha value is -1.46. The molecule has 0 amide bonds. The van der Waals surface area contributed by atoms with E-state index in [0.29, 0.717) is 6.04 Å². The fourth-order valence-corrected chi connectivity index (χ4v) is 3.07. The maximum Gasteiger partial charge on any atom is 0.187 e. The molecule has 0 unspecified atom stereocenters. The standard InChI is InChI=1S/C15H19N3OS/c1-10-7-17-13(11(2)15(10)19)8-18(12-3-4-12)9-14-16-5-6-20-14/h5-7,12H,3-4,8-9H2,1-2H3,(H,17,19). The summed E-state index contributed by atoms with van der Waals surface area (Å²) in [6, 6.07) is 0.642. The highest BCUT2D eigenvalue weighted by Crippen LogP contribution is 2.30. The normalized spacial score (nSPS) is 14.9. The molecule has 5 heteroatoms. The van der Waals surface area contributed by atoms with Crippen LogP contribution in [0.25, 0.3) is 0 Å². The van der Waals surface area contributed by atoms with E-state index >= 15 is 0 Å². The Morgan fingerprint density at radius 2 is 2.20 bits per heavy atom. The van der Waals surface area contributed by atoms with E-state index < -0.39 is 0 Å². The van der Waals surface area contributed by atoms with Gasteiger partial charge in [-0.2, -0.15) is 0 Å². The Kier molecular flexibility index (Phi) is 3.72. The molecule has 0 radical (unpaired) electrons. The van der Waals surface area contributed by atoms with Crippen LogP contribution in [0.3, 0.4) is 0 Å². The minimum Gasteiger partial charge on any atom is -0.363 e. The van der Waals surface area contributed by atoms with Crippen LogP contribution < -0.4 is 5.43 Å². The number of pyridine rings is 1. The number of hydrogen-bond acceptors (Lipinski definition) is 4. The summed E-state index contributed by atoms with van der Waals surface area (Å²) >= 11 is 1.69. The summed E-state index contributed by atoms with van der Waals surface area (Å²) < 4.78 is 0. The van der Waals surface area contributed by atoms with Gasteiger partial charge in [-0.1, -0.05) is 0 Å². The van der Waals surface area contributed by atoms with Crippen molar-refractivity contribution in [3.05, 3.63) is 49.8 Å². The van der Waals surface area contributed by atoms with Gasteiger partial charge in [0.2, 0.25) is 0 Å². The second-order valence-electron chi connectivity index (χ2n) is 5.47. The number of nitrogens with one attached hydrogen (secondary N) is 1. The fraction of sp³-hybridized carbons (Fsp3) is 0.467. The van der Waals surface area contributed by atoms with Crippen molar-refractivity contribution in [3.63, 3.8) is 0 Å². The number of rotatable bonds is 5. The molecule has 0 aromatic carbocycles. The van der Waals surface area contributed by atoms with E-state index in [1.807, 2.05) is 31.6 Å². The molecule has 1 saturated carbocycles. The first-order valence-corrected chi connectivity index (χ1v) is 7.83. The predicted molar refractivity (Wildman–Crippen MR) is 80.9 cm³/mol. The first kappa shape index (κ1) is 13.5. The van der Waals surface area contributed by atoms with Gasteiger partial charge in [-0.15, -0.1) is 11.3 Å². The lowest BCUT2D eigenvalue weighted by Gasteiger charge is -2.21. The molecule has 1 aliphatic rings. The van der Waals surface area contributed by atoms with Gasteiger partial charge in [0.1, 0.15) is 5.01 Å². The van der Waals surface area contributed by atoms with Crippen LogP contribution in [0.2, 0.25) is 0 Å². The number of thiazole rings is 1. The van der Waals surface area contributed by atoms with Crippen molar-refractivity contribution in [2.75, 3.05) is 0 Å². The lowest BCUT2D eigenvalue weighted by molar-refractivity contribution is 0.242. The molecule has 2 aromatic rings. The number of aromatic amines is 1. The van der Waals surface area contributed by atoms with Crippen LogP contribution in [0.1, 0.15) is 34.7 Å². The minimum atomic E-state index is 0.156. The molecular formula is C15H19N3OS. The Morgan fingerprint density at radius 1 is 1.40 bits per heavy atom. The van der Waals surface area contributed by atoms with Crippen molar-refractivity contribution >= 4 is 11.3 Å². The summed E-state index contributed by atoms with van der Waals surface area (Å²) in [5.41, 5.74) is 2.81. The molecule has 1 N–H and O–H groups in total. The summed E-state index contributed by atoms with van der Waals surface area (Å²) in [6.07, 6.45) is 6.17. The maximum atomic E-state index is 12.0. The lowest BCUT2D eigenvalue weighted by atomic mass is 10.1. The van der Waals surface area contributed by atoms with Crippen LogP contribution in [0.4, 0.5) is 0 Å². The van der Waals surface area contributed by atoms with Crippen LogP contribution in [0.5, 0.6) is 0 Å². The van der Waals surface area contributed by atoms with Gasteiger partial charge in [0, 0.05) is 47.2 Å². The second-order valence-corrected chi connectivity index (χ2v) is 6.45. The third-order valence-electron chi connectivity index (χ3n) is 3.86. The third kappa shape index (κ3) is 2.83. The quantitative estimate of drug-likeness (QED) is 0.920. The molecule has 4 nitrogen and oxygen atoms in total. The molecule has 1 aliphatic carbocycles. The zero-order valence-corrected chi connectivity index (χ0v) is 12.7. The van der Waals surface area contributed by atoms with Gasteiger partial charge >= 0.3 is 0 Å². The van der Waals surface area contributed by atoms with E-state index in [9.17, 15) is 4.79 Å². The molecule has 2 heterocycles. The molecule has 1 fully saturated rings. The maximum absolute atomic E-state index is 12.0. The number of H-pyrrole nitrogens is 1. The summed E-state index contributed by atoms with van der Waals surface area (Å²) in [5.74, 6) is 0. The lowest BCUT2D eigenvalue weighted by Crippen LogP contribution is -2.27. The van der Waals surface area contributed by atoms with Crippen LogP contribution >= 0.6 is 11.3 Å². The number of nitrogens with zero attached hydrogens (tertiary/aromatic N) is 2. The van der Waals surface area contributed by atoms with Crippen molar-refractivity contribution < 1.29 is 0 Å². The van der Waals surface area contributed by atoms with Crippen molar-refractivity contribution in [3.8, 4) is 0 Å². The summed E-state index contributed by atoms with van der Waals surface area (Å²) in [5, 5.41) is 3.16. The highest BCUT2D eigenvalue weighted by molar-refractivity contribution is 7.09. The van der Waals surface area contributed by atoms with Gasteiger partial charge in [0.05, 0.1) is 6.54 Å². The average molecular weight is 289 g/mol. The largest absolute Gasteiger partial charge is 0.363 e. The average Bonchev–Trinajstić information content (AvgIpc) is 3.16. The monoisotopic (exact) mass is 289 g/mol. The Balaban J connectivity index is 1.80. The van der Waals surface area contributed by atoms with Gasteiger partial charge in [-0.25, -0.2) is 4.98 Å². The number of hydrogen-bond donors (Lipinski definition) is 1. The smallest absolute Gasteiger partial charge is 0.187 e. The van der Waals surface area contributed by atoms with Crippen LogP contribution in [0, 0.1) is 13.8 Å². The third-order valence-corrected chi connectivity index (χ3v) is 4.62. The van der Waals surface area contributed by atoms with E-state index in [1.165, 1.54) is 12.8 Å². The van der Waals surface area contributed by atoms with Crippen LogP contribution in [0.15, 0.2) is 22.6 Å². The topological polar surface area (TPSA) is 49.0 Å². The first-order chi connectivity index (χ1) is 9.65. The van der Waals surface area contributed by atoms with E-state index in [2.05, 4.69) is 14.9 Å². The zero-order chi connectivity index (χ0) is 14.1. The number of aromatic nitrogens is 2. The fourth-order valence-electron chi connectivity index (χ4n) is 2.43. The van der Waals surface area contributed by atoms with E-state index in [1.54, 1.807) is 11.3 Å². The van der Waals surface area contributed by atoms with Gasteiger partial charge in [-0.05, 0) is 26.7 Å². The molecule has 0 spiro atoms. The first-order valence-electron chi connectivity index (χ1n) is 6.95. The molecule has 106 valence electrons. The highest BCUT2D eigenvalue weighted by Gasteiger charge is 2.30. The van der Waals surface area contributed by atoms with Gasteiger partial charge in [0.15, 0.2) is 5.43 Å². The van der Waals surface area contributed by atoms with Gasteiger partial charge in [-0.3, -0.25) is 9.69 Å². The van der Waals surface area contributed by atoms with Crippen LogP contribution in [-0.4, -0.2) is 20.9 Å². The summed E-state index contributed by atoms with van der Waals surface area (Å²) in [7, 11) is 0. The molecule has 0 saturated heterocycles. The zero-order valence-electron chi connectivity index (χ0n) is 11.8. The van der Waals surface area contributed by atoms with Crippen molar-refractivity contribution in [2.45, 2.75) is 45.8 Å². The van der Waals surface area contributed by atoms with Crippen molar-refractivity contribution in [2.24, 2.45) is 0 Å². The second kappa shape index (κ2) is 5.50. The Morgan fingerprint density at radius 3 is 2.85 bits per heavy atom. The molecule has 0 atom stereocenters. The van der Waals surface area contributed by atoms with Crippen molar-refractivity contribution in [1.82, 2.24) is 14.9 Å². The highest BCUT2D eigenvalue weighted by atomic mass is 32.1.